The average Bonchev–Trinajstić information content (AvgIpc) is 3.64. The molecule has 1 unspecified atom stereocenters. The Bertz CT molecular complexity index is 1670. The first kappa shape index (κ1) is 28.4. The van der Waals surface area contributed by atoms with Crippen LogP contribution in [0.15, 0.2) is 36.5 Å². The zero-order chi connectivity index (χ0) is 29.6. The molecule has 1 aliphatic heterocycles. The smallest absolute Gasteiger partial charge is 0.317 e. The summed E-state index contributed by atoms with van der Waals surface area (Å²) < 4.78 is 9.06. The highest BCUT2D eigenvalue weighted by Crippen LogP contribution is 2.37. The van der Waals surface area contributed by atoms with Gasteiger partial charge in [-0.2, -0.15) is 0 Å². The van der Waals surface area contributed by atoms with Gasteiger partial charge in [0.05, 0.1) is 32.2 Å². The number of carbonyl (C=O) groups excluding carboxylic acids is 3. The number of amides is 4. The highest BCUT2D eigenvalue weighted by Gasteiger charge is 2.33. The molecule has 4 amide bonds. The second kappa shape index (κ2) is 10.7. The number of carbonyl (C=O) groups is 3. The number of likely N-dealkylation sites (N-methyl/N-ethyl adjacent to an activating group) is 1. The predicted octanol–water partition coefficient (Wildman–Crippen LogP) is 4.90. The normalized spacial score (nSPS) is 15.4. The number of likely N-dealkylation sites (tertiary alicyclic amines) is 1. The van der Waals surface area contributed by atoms with E-state index in [4.69, 9.17) is 4.74 Å². The standard InChI is InChI=1S/C30H36N6O4S/c1-17-25(27(37)31-5)20-9-8-19(14-22(20)34(17)6)40-23-10-12-32-21-15-24(41-26(21)23)28(38)36-13-11-18(16-36)35(7)29(39)33-30(2,3)4/h8-10,12,14-15,18H,11,13,16H2,1-7H3,(H,31,37)(H,33,39). The molecular weight excluding hydrogens is 540 g/mol. The molecule has 1 atom stereocenters. The topological polar surface area (TPSA) is 109 Å². The molecule has 0 bridgehead atoms. The summed E-state index contributed by atoms with van der Waals surface area (Å²) in [6.07, 6.45) is 2.39. The molecule has 216 valence electrons. The average molecular weight is 577 g/mol. The Morgan fingerprint density at radius 3 is 2.63 bits per heavy atom. The molecular formula is C30H36N6O4S. The number of pyridine rings is 1. The number of fused-ring (bicyclic) bond motifs is 2. The van der Waals surface area contributed by atoms with Crippen LogP contribution in [-0.4, -0.2) is 76.0 Å². The minimum absolute atomic E-state index is 0.0484. The van der Waals surface area contributed by atoms with E-state index >= 15 is 0 Å². The lowest BCUT2D eigenvalue weighted by Gasteiger charge is -2.29. The van der Waals surface area contributed by atoms with Gasteiger partial charge < -0.3 is 29.7 Å². The second-order valence-corrected chi connectivity index (χ2v) is 12.6. The summed E-state index contributed by atoms with van der Waals surface area (Å²) in [7, 11) is 5.33. The molecule has 0 spiro atoms. The van der Waals surface area contributed by atoms with Crippen molar-refractivity contribution in [2.24, 2.45) is 7.05 Å². The molecule has 0 radical (unpaired) electrons. The zero-order valence-electron chi connectivity index (χ0n) is 24.5. The minimum atomic E-state index is -0.330. The van der Waals surface area contributed by atoms with Crippen LogP contribution < -0.4 is 15.4 Å². The summed E-state index contributed by atoms with van der Waals surface area (Å²) in [5.74, 6) is 1.02. The summed E-state index contributed by atoms with van der Waals surface area (Å²) in [4.78, 5) is 47.1. The van der Waals surface area contributed by atoms with Gasteiger partial charge in [-0.3, -0.25) is 14.6 Å². The van der Waals surface area contributed by atoms with Crippen LogP contribution in [0.3, 0.4) is 0 Å². The molecule has 11 heteroatoms. The summed E-state index contributed by atoms with van der Waals surface area (Å²) in [6.45, 7) is 8.81. The Kier molecular flexibility index (Phi) is 7.41. The van der Waals surface area contributed by atoms with Gasteiger partial charge in [-0.1, -0.05) is 0 Å². The largest absolute Gasteiger partial charge is 0.456 e. The molecule has 1 aliphatic rings. The number of urea groups is 1. The van der Waals surface area contributed by atoms with E-state index in [9.17, 15) is 14.4 Å². The Morgan fingerprint density at radius 2 is 1.93 bits per heavy atom. The van der Waals surface area contributed by atoms with E-state index in [-0.39, 0.29) is 29.4 Å². The maximum absolute atomic E-state index is 13.5. The van der Waals surface area contributed by atoms with E-state index in [1.807, 2.05) is 57.5 Å². The fourth-order valence-electron chi connectivity index (χ4n) is 5.22. The van der Waals surface area contributed by atoms with Crippen molar-refractivity contribution in [1.29, 1.82) is 0 Å². The van der Waals surface area contributed by atoms with Crippen molar-refractivity contribution in [2.75, 3.05) is 27.2 Å². The number of ether oxygens (including phenoxy) is 1. The molecule has 1 fully saturated rings. The van der Waals surface area contributed by atoms with Gasteiger partial charge >= 0.3 is 6.03 Å². The third-order valence-corrected chi connectivity index (χ3v) is 8.66. The van der Waals surface area contributed by atoms with Gasteiger partial charge in [0.15, 0.2) is 0 Å². The highest BCUT2D eigenvalue weighted by molar-refractivity contribution is 7.21. The molecule has 1 aromatic carbocycles. The van der Waals surface area contributed by atoms with Crippen molar-refractivity contribution in [3.8, 4) is 11.5 Å². The molecule has 4 heterocycles. The fourth-order valence-corrected chi connectivity index (χ4v) is 6.25. The van der Waals surface area contributed by atoms with Gasteiger partial charge in [-0.15, -0.1) is 11.3 Å². The van der Waals surface area contributed by atoms with E-state index < -0.39 is 0 Å². The van der Waals surface area contributed by atoms with Gasteiger partial charge in [0.1, 0.15) is 11.5 Å². The lowest BCUT2D eigenvalue weighted by Crippen LogP contribution is -2.51. The van der Waals surface area contributed by atoms with Crippen LogP contribution in [0.4, 0.5) is 4.79 Å². The number of aryl methyl sites for hydroxylation is 1. The first-order chi connectivity index (χ1) is 19.4. The Balaban J connectivity index is 1.35. The molecule has 41 heavy (non-hydrogen) atoms. The van der Waals surface area contributed by atoms with Gasteiger partial charge in [-0.05, 0) is 52.3 Å². The molecule has 10 nitrogen and oxygen atoms in total. The Labute approximate surface area is 243 Å². The van der Waals surface area contributed by atoms with Crippen LogP contribution in [0.25, 0.3) is 21.1 Å². The third kappa shape index (κ3) is 5.46. The minimum Gasteiger partial charge on any atom is -0.456 e. The summed E-state index contributed by atoms with van der Waals surface area (Å²) in [6, 6.07) is 9.06. The lowest BCUT2D eigenvalue weighted by atomic mass is 10.1. The third-order valence-electron chi connectivity index (χ3n) is 7.53. The maximum atomic E-state index is 13.5. The van der Waals surface area contributed by atoms with Crippen LogP contribution in [0.2, 0.25) is 0 Å². The first-order valence-corrected chi connectivity index (χ1v) is 14.4. The number of nitrogens with one attached hydrogen (secondary N) is 2. The van der Waals surface area contributed by atoms with Crippen LogP contribution in [-0.2, 0) is 7.05 Å². The van der Waals surface area contributed by atoms with E-state index in [1.54, 1.807) is 42.2 Å². The lowest BCUT2D eigenvalue weighted by molar-refractivity contribution is 0.0786. The molecule has 5 rings (SSSR count). The molecule has 3 aromatic heterocycles. The van der Waals surface area contributed by atoms with Crippen molar-refractivity contribution in [3.63, 3.8) is 0 Å². The number of benzene rings is 1. The first-order valence-electron chi connectivity index (χ1n) is 13.6. The van der Waals surface area contributed by atoms with Crippen molar-refractivity contribution >= 4 is 50.3 Å². The molecule has 0 aliphatic carbocycles. The van der Waals surface area contributed by atoms with Crippen molar-refractivity contribution in [3.05, 3.63) is 52.7 Å². The Morgan fingerprint density at radius 1 is 1.17 bits per heavy atom. The quantitative estimate of drug-likeness (QED) is 0.351. The number of hydrogen-bond donors (Lipinski definition) is 2. The van der Waals surface area contributed by atoms with Crippen molar-refractivity contribution < 1.29 is 19.1 Å². The van der Waals surface area contributed by atoms with Crippen LogP contribution in [0.1, 0.15) is 52.9 Å². The van der Waals surface area contributed by atoms with Gasteiger partial charge in [0.25, 0.3) is 11.8 Å². The second-order valence-electron chi connectivity index (χ2n) is 11.5. The number of thiophene rings is 1. The number of nitrogens with zero attached hydrogens (tertiary/aromatic N) is 4. The predicted molar refractivity (Wildman–Crippen MR) is 161 cm³/mol. The zero-order valence-corrected chi connectivity index (χ0v) is 25.3. The molecule has 0 saturated carbocycles. The number of hydrogen-bond acceptors (Lipinski definition) is 6. The van der Waals surface area contributed by atoms with Crippen molar-refractivity contribution in [2.45, 2.75) is 45.7 Å². The molecule has 4 aromatic rings. The number of rotatable bonds is 5. The van der Waals surface area contributed by atoms with E-state index in [0.29, 0.717) is 40.5 Å². The number of aromatic nitrogens is 2. The molecule has 1 saturated heterocycles. The van der Waals surface area contributed by atoms with Gasteiger partial charge in [0, 0.05) is 69.2 Å². The van der Waals surface area contributed by atoms with Crippen LogP contribution >= 0.6 is 11.3 Å². The van der Waals surface area contributed by atoms with E-state index in [1.165, 1.54) is 11.3 Å². The SMILES string of the molecule is CNC(=O)c1c(C)n(C)c2cc(Oc3ccnc4cc(C(=O)N5CCC(N(C)C(=O)NC(C)(C)C)C5)sc34)ccc12. The fraction of sp³-hybridized carbons (Fsp3) is 0.400. The monoisotopic (exact) mass is 576 g/mol. The summed E-state index contributed by atoms with van der Waals surface area (Å²) in [5.41, 5.74) is 2.76. The maximum Gasteiger partial charge on any atom is 0.317 e. The van der Waals surface area contributed by atoms with Crippen molar-refractivity contribution in [1.82, 2.24) is 30.0 Å². The van der Waals surface area contributed by atoms with Crippen LogP contribution in [0, 0.1) is 6.92 Å². The summed E-state index contributed by atoms with van der Waals surface area (Å²) in [5, 5.41) is 6.55. The highest BCUT2D eigenvalue weighted by atomic mass is 32.1. The van der Waals surface area contributed by atoms with E-state index in [2.05, 4.69) is 15.6 Å². The van der Waals surface area contributed by atoms with Gasteiger partial charge in [0.2, 0.25) is 0 Å². The van der Waals surface area contributed by atoms with Gasteiger partial charge in [-0.25, -0.2) is 4.79 Å². The van der Waals surface area contributed by atoms with E-state index in [0.717, 1.165) is 27.7 Å². The van der Waals surface area contributed by atoms with Crippen LogP contribution in [0.5, 0.6) is 11.5 Å². The molecule has 2 N–H and O–H groups in total. The Hall–Kier alpha value is -4.12. The summed E-state index contributed by atoms with van der Waals surface area (Å²) >= 11 is 1.35.